The molecule has 4 rings (SSSR count). The Morgan fingerprint density at radius 2 is 1.62 bits per heavy atom. The lowest BCUT2D eigenvalue weighted by molar-refractivity contribution is 0.567. The van der Waals surface area contributed by atoms with Crippen molar-refractivity contribution in [1.29, 1.82) is 0 Å². The summed E-state index contributed by atoms with van der Waals surface area (Å²) in [4.78, 5) is 16.5. The highest BCUT2D eigenvalue weighted by Gasteiger charge is 2.23. The van der Waals surface area contributed by atoms with E-state index in [9.17, 15) is 0 Å². The number of piperidine rings is 1. The lowest BCUT2D eigenvalue weighted by Crippen LogP contribution is -2.32. The van der Waals surface area contributed by atoms with Crippen LogP contribution in [0.4, 0.5) is 17.8 Å². The van der Waals surface area contributed by atoms with Gasteiger partial charge in [0.1, 0.15) is 0 Å². The zero-order valence-corrected chi connectivity index (χ0v) is 17.7. The lowest BCUT2D eigenvalue weighted by Gasteiger charge is -2.27. The smallest absolute Gasteiger partial charge is 0.231 e. The summed E-state index contributed by atoms with van der Waals surface area (Å²) in [5, 5.41) is 7.03. The summed E-state index contributed by atoms with van der Waals surface area (Å²) in [6, 6.07) is 9.05. The molecule has 29 heavy (non-hydrogen) atoms. The van der Waals surface area contributed by atoms with Crippen molar-refractivity contribution in [1.82, 2.24) is 15.0 Å². The van der Waals surface area contributed by atoms with Crippen molar-refractivity contribution in [2.24, 2.45) is 0 Å². The molecule has 0 atom stereocenters. The van der Waals surface area contributed by atoms with E-state index in [0.717, 1.165) is 44.8 Å². The van der Waals surface area contributed by atoms with Gasteiger partial charge in [-0.05, 0) is 49.7 Å². The number of nitrogens with one attached hydrogen (secondary N) is 2. The first-order valence-corrected chi connectivity index (χ1v) is 11.4. The Labute approximate surface area is 174 Å². The molecular weight excluding hydrogens is 360 g/mol. The Morgan fingerprint density at radius 1 is 0.897 bits per heavy atom. The molecular formula is C23H34N6. The van der Waals surface area contributed by atoms with Crippen LogP contribution in [0.25, 0.3) is 0 Å². The molecule has 156 valence electrons. The van der Waals surface area contributed by atoms with E-state index in [1.807, 2.05) is 0 Å². The molecule has 2 heterocycles. The second-order valence-corrected chi connectivity index (χ2v) is 8.34. The van der Waals surface area contributed by atoms with Crippen LogP contribution in [0, 0.1) is 0 Å². The molecule has 1 aliphatic carbocycles. The van der Waals surface area contributed by atoms with Gasteiger partial charge in [0.2, 0.25) is 17.8 Å². The summed E-state index contributed by atoms with van der Waals surface area (Å²) >= 11 is 0. The topological polar surface area (TPSA) is 66.0 Å². The molecule has 2 N–H and O–H groups in total. The van der Waals surface area contributed by atoms with E-state index >= 15 is 0 Å². The van der Waals surface area contributed by atoms with Crippen LogP contribution in [0.2, 0.25) is 0 Å². The third-order valence-corrected chi connectivity index (χ3v) is 5.96. The van der Waals surface area contributed by atoms with E-state index in [-0.39, 0.29) is 0 Å². The number of rotatable bonds is 9. The normalized spacial score (nSPS) is 16.7. The fourth-order valence-corrected chi connectivity index (χ4v) is 4.34. The van der Waals surface area contributed by atoms with Crippen molar-refractivity contribution in [3.05, 3.63) is 35.4 Å². The van der Waals surface area contributed by atoms with Crippen molar-refractivity contribution < 1.29 is 0 Å². The van der Waals surface area contributed by atoms with Crippen molar-refractivity contribution in [3.8, 4) is 0 Å². The second-order valence-electron chi connectivity index (χ2n) is 8.34. The van der Waals surface area contributed by atoms with E-state index < -0.39 is 0 Å². The molecule has 0 bridgehead atoms. The third-order valence-electron chi connectivity index (χ3n) is 5.96. The number of hydrogen-bond acceptors (Lipinski definition) is 6. The summed E-state index contributed by atoms with van der Waals surface area (Å²) in [6.45, 7) is 5.23. The van der Waals surface area contributed by atoms with Gasteiger partial charge in [-0.3, -0.25) is 0 Å². The number of hydrogen-bond donors (Lipinski definition) is 2. The Kier molecular flexibility index (Phi) is 6.80. The lowest BCUT2D eigenvalue weighted by atomic mass is 10.1. The summed E-state index contributed by atoms with van der Waals surface area (Å²) in [5.41, 5.74) is 2.87. The van der Waals surface area contributed by atoms with Crippen molar-refractivity contribution in [2.75, 3.05) is 35.2 Å². The minimum atomic E-state index is 0.349. The van der Waals surface area contributed by atoms with E-state index in [1.165, 1.54) is 49.7 Å². The Morgan fingerprint density at radius 3 is 2.34 bits per heavy atom. The molecule has 0 spiro atoms. The maximum absolute atomic E-state index is 4.79. The molecule has 0 unspecified atom stereocenters. The van der Waals surface area contributed by atoms with Crippen LogP contribution in [0.1, 0.15) is 63.0 Å². The number of unbranched alkanes of at least 4 members (excludes halogenated alkanes) is 3. The molecule has 0 radical (unpaired) electrons. The minimum Gasteiger partial charge on any atom is -0.354 e. The van der Waals surface area contributed by atoms with Gasteiger partial charge < -0.3 is 15.5 Å². The Balaban J connectivity index is 1.45. The summed E-state index contributed by atoms with van der Waals surface area (Å²) in [7, 11) is 0. The van der Waals surface area contributed by atoms with Gasteiger partial charge in [0.15, 0.2) is 0 Å². The second kappa shape index (κ2) is 9.90. The Hall–Kier alpha value is -2.37. The molecule has 6 heteroatoms. The number of aromatic nitrogens is 3. The van der Waals surface area contributed by atoms with Gasteiger partial charge in [-0.25, -0.2) is 0 Å². The van der Waals surface area contributed by atoms with Gasteiger partial charge >= 0.3 is 0 Å². The van der Waals surface area contributed by atoms with Crippen LogP contribution in [-0.4, -0.2) is 40.6 Å². The average molecular weight is 395 g/mol. The molecule has 0 amide bonds. The average Bonchev–Trinajstić information content (AvgIpc) is 3.16. The molecule has 1 fully saturated rings. The molecule has 6 nitrogen and oxygen atoms in total. The van der Waals surface area contributed by atoms with Gasteiger partial charge in [-0.1, -0.05) is 50.5 Å². The van der Waals surface area contributed by atoms with Gasteiger partial charge in [-0.15, -0.1) is 0 Å². The molecule has 2 aliphatic rings. The highest BCUT2D eigenvalue weighted by Crippen LogP contribution is 2.25. The SMILES string of the molecule is CCCCCCNc1nc(NC2Cc3ccccc3C2)nc(N2CCCCC2)n1. The predicted molar refractivity (Wildman–Crippen MR) is 120 cm³/mol. The molecule has 1 aromatic carbocycles. The summed E-state index contributed by atoms with van der Waals surface area (Å²) < 4.78 is 0. The van der Waals surface area contributed by atoms with Crippen LogP contribution in [0.5, 0.6) is 0 Å². The quantitative estimate of drug-likeness (QED) is 0.613. The Bertz CT molecular complexity index is 762. The molecule has 1 aliphatic heterocycles. The van der Waals surface area contributed by atoms with E-state index in [1.54, 1.807) is 0 Å². The standard InChI is InChI=1S/C23H34N6/c1-2-3-4-8-13-24-21-26-22(28-23(27-21)29-14-9-5-10-15-29)25-20-16-18-11-6-7-12-19(18)17-20/h6-7,11-12,20H,2-5,8-10,13-17H2,1H3,(H2,24,25,26,27,28). The van der Waals surface area contributed by atoms with Crippen LogP contribution in [0.3, 0.4) is 0 Å². The van der Waals surface area contributed by atoms with Gasteiger partial charge in [0.25, 0.3) is 0 Å². The zero-order valence-electron chi connectivity index (χ0n) is 17.7. The third kappa shape index (κ3) is 5.37. The first-order valence-electron chi connectivity index (χ1n) is 11.4. The van der Waals surface area contributed by atoms with Gasteiger partial charge in [0, 0.05) is 25.7 Å². The van der Waals surface area contributed by atoms with E-state index in [4.69, 9.17) is 15.0 Å². The maximum Gasteiger partial charge on any atom is 0.231 e. The van der Waals surface area contributed by atoms with Crippen LogP contribution >= 0.6 is 0 Å². The molecule has 2 aromatic rings. The first kappa shape index (κ1) is 19.9. The maximum atomic E-state index is 4.79. The van der Waals surface area contributed by atoms with Gasteiger partial charge in [0.05, 0.1) is 0 Å². The fraction of sp³-hybridized carbons (Fsp3) is 0.609. The first-order chi connectivity index (χ1) is 14.3. The molecule has 1 aromatic heterocycles. The minimum absolute atomic E-state index is 0.349. The predicted octanol–water partition coefficient (Wildman–Crippen LogP) is 4.43. The van der Waals surface area contributed by atoms with Crippen LogP contribution in [0.15, 0.2) is 24.3 Å². The van der Waals surface area contributed by atoms with Crippen molar-refractivity contribution >= 4 is 17.8 Å². The summed E-state index contributed by atoms with van der Waals surface area (Å²) in [6.07, 6.45) is 10.7. The summed E-state index contributed by atoms with van der Waals surface area (Å²) in [5.74, 6) is 2.22. The highest BCUT2D eigenvalue weighted by molar-refractivity contribution is 5.46. The zero-order chi connectivity index (χ0) is 19.9. The highest BCUT2D eigenvalue weighted by atomic mass is 15.3. The van der Waals surface area contributed by atoms with Crippen LogP contribution in [-0.2, 0) is 12.8 Å². The van der Waals surface area contributed by atoms with Gasteiger partial charge in [-0.2, -0.15) is 15.0 Å². The number of benzene rings is 1. The number of anilines is 3. The van der Waals surface area contributed by atoms with Crippen molar-refractivity contribution in [3.63, 3.8) is 0 Å². The van der Waals surface area contributed by atoms with Crippen molar-refractivity contribution in [2.45, 2.75) is 70.8 Å². The van der Waals surface area contributed by atoms with E-state index in [2.05, 4.69) is 46.7 Å². The number of nitrogens with zero attached hydrogens (tertiary/aromatic N) is 4. The number of fused-ring (bicyclic) bond motifs is 1. The fourth-order valence-electron chi connectivity index (χ4n) is 4.34. The van der Waals surface area contributed by atoms with Crippen LogP contribution < -0.4 is 15.5 Å². The monoisotopic (exact) mass is 394 g/mol. The molecule has 0 saturated carbocycles. The molecule has 1 saturated heterocycles. The largest absolute Gasteiger partial charge is 0.354 e. The van der Waals surface area contributed by atoms with E-state index in [0.29, 0.717) is 17.9 Å².